The summed E-state index contributed by atoms with van der Waals surface area (Å²) in [5.41, 5.74) is 0. The molecule has 0 radical (unpaired) electrons. The number of piperazine rings is 1. The molecule has 1 aliphatic heterocycles. The number of likely N-dealkylation sites (N-methyl/N-ethyl adjacent to an activating group) is 2. The van der Waals surface area contributed by atoms with E-state index in [-0.39, 0.29) is 0 Å². The first-order valence-electron chi connectivity index (χ1n) is 10.2. The van der Waals surface area contributed by atoms with Crippen LogP contribution in [0, 0.1) is 0 Å². The minimum atomic E-state index is 0.504. The van der Waals surface area contributed by atoms with Gasteiger partial charge in [0.15, 0.2) is 5.96 Å². The molecule has 1 atom stereocenters. The standard InChI is InChI=1S/C19H39N5O/c1-4-20-19(22-15-17-16-23(2)12-13-24(17)3)21-11-8-14-25-18-9-6-5-7-10-18/h17-18H,4-16H2,1-3H3,(H2,20,21,22). The van der Waals surface area contributed by atoms with Gasteiger partial charge in [0.25, 0.3) is 0 Å². The van der Waals surface area contributed by atoms with Crippen LogP contribution >= 0.6 is 0 Å². The van der Waals surface area contributed by atoms with Gasteiger partial charge in [-0.25, -0.2) is 0 Å². The Balaban J connectivity index is 1.64. The molecule has 0 bridgehead atoms. The predicted molar refractivity (Wildman–Crippen MR) is 105 cm³/mol. The summed E-state index contributed by atoms with van der Waals surface area (Å²) in [7, 11) is 4.40. The average Bonchev–Trinajstić information content (AvgIpc) is 2.62. The van der Waals surface area contributed by atoms with Gasteiger partial charge in [-0.3, -0.25) is 9.89 Å². The van der Waals surface area contributed by atoms with Crippen molar-refractivity contribution in [3.05, 3.63) is 0 Å². The molecule has 6 heteroatoms. The molecule has 2 fully saturated rings. The lowest BCUT2D eigenvalue weighted by molar-refractivity contribution is 0.0277. The van der Waals surface area contributed by atoms with E-state index in [1.54, 1.807) is 0 Å². The maximum atomic E-state index is 5.99. The molecule has 25 heavy (non-hydrogen) atoms. The van der Waals surface area contributed by atoms with E-state index in [2.05, 4.69) is 41.5 Å². The fraction of sp³-hybridized carbons (Fsp3) is 0.947. The maximum Gasteiger partial charge on any atom is 0.191 e. The van der Waals surface area contributed by atoms with E-state index in [1.807, 2.05) is 0 Å². The molecule has 2 aliphatic rings. The smallest absolute Gasteiger partial charge is 0.191 e. The van der Waals surface area contributed by atoms with Gasteiger partial charge in [0.1, 0.15) is 0 Å². The summed E-state index contributed by atoms with van der Waals surface area (Å²) in [4.78, 5) is 9.61. The van der Waals surface area contributed by atoms with Crippen molar-refractivity contribution < 1.29 is 4.74 Å². The zero-order chi connectivity index (χ0) is 17.9. The number of ether oxygens (including phenoxy) is 1. The van der Waals surface area contributed by atoms with Crippen molar-refractivity contribution in [3.63, 3.8) is 0 Å². The number of hydrogen-bond donors (Lipinski definition) is 2. The molecule has 0 aromatic carbocycles. The van der Waals surface area contributed by atoms with E-state index in [0.717, 1.165) is 58.3 Å². The fourth-order valence-electron chi connectivity index (χ4n) is 3.60. The van der Waals surface area contributed by atoms with Crippen LogP contribution in [0.25, 0.3) is 0 Å². The van der Waals surface area contributed by atoms with Gasteiger partial charge in [-0.15, -0.1) is 0 Å². The molecule has 0 spiro atoms. The van der Waals surface area contributed by atoms with Crippen LogP contribution in [-0.2, 0) is 4.74 Å². The van der Waals surface area contributed by atoms with Gasteiger partial charge in [-0.1, -0.05) is 19.3 Å². The normalized spacial score (nSPS) is 24.4. The molecular weight excluding hydrogens is 314 g/mol. The second-order valence-electron chi connectivity index (χ2n) is 7.53. The van der Waals surface area contributed by atoms with Crippen molar-refractivity contribution in [1.82, 2.24) is 20.4 Å². The largest absolute Gasteiger partial charge is 0.378 e. The van der Waals surface area contributed by atoms with Crippen molar-refractivity contribution in [2.75, 3.05) is 60.0 Å². The van der Waals surface area contributed by atoms with Crippen LogP contribution in [0.4, 0.5) is 0 Å². The van der Waals surface area contributed by atoms with E-state index in [4.69, 9.17) is 9.73 Å². The minimum Gasteiger partial charge on any atom is -0.378 e. The molecule has 2 rings (SSSR count). The summed E-state index contributed by atoms with van der Waals surface area (Å²) in [6.07, 6.45) is 8.11. The van der Waals surface area contributed by atoms with Gasteiger partial charge < -0.3 is 20.3 Å². The molecule has 1 unspecified atom stereocenters. The highest BCUT2D eigenvalue weighted by atomic mass is 16.5. The van der Waals surface area contributed by atoms with E-state index < -0.39 is 0 Å². The lowest BCUT2D eigenvalue weighted by Gasteiger charge is -2.36. The Morgan fingerprint density at radius 3 is 2.68 bits per heavy atom. The van der Waals surface area contributed by atoms with Gasteiger partial charge >= 0.3 is 0 Å². The highest BCUT2D eigenvalue weighted by Crippen LogP contribution is 2.20. The monoisotopic (exact) mass is 353 g/mol. The summed E-state index contributed by atoms with van der Waals surface area (Å²) in [5, 5.41) is 6.81. The van der Waals surface area contributed by atoms with Gasteiger partial charge in [-0.05, 0) is 40.3 Å². The summed E-state index contributed by atoms with van der Waals surface area (Å²) in [6, 6.07) is 0.504. The van der Waals surface area contributed by atoms with E-state index in [9.17, 15) is 0 Å². The number of aliphatic imine (C=N–C) groups is 1. The lowest BCUT2D eigenvalue weighted by Crippen LogP contribution is -2.51. The third-order valence-corrected chi connectivity index (χ3v) is 5.30. The van der Waals surface area contributed by atoms with E-state index >= 15 is 0 Å². The van der Waals surface area contributed by atoms with Gasteiger partial charge in [0, 0.05) is 45.4 Å². The SMILES string of the molecule is CCNC(=NCC1CN(C)CCN1C)NCCCOC1CCCCC1. The number of nitrogens with zero attached hydrogens (tertiary/aromatic N) is 3. The quantitative estimate of drug-likeness (QED) is 0.394. The molecule has 1 saturated carbocycles. The van der Waals surface area contributed by atoms with Crippen molar-refractivity contribution in [3.8, 4) is 0 Å². The van der Waals surface area contributed by atoms with E-state index in [1.165, 1.54) is 32.1 Å². The Morgan fingerprint density at radius 1 is 1.12 bits per heavy atom. The second-order valence-corrected chi connectivity index (χ2v) is 7.53. The molecule has 0 aromatic rings. The summed E-state index contributed by atoms with van der Waals surface area (Å²) in [6.45, 7) is 8.99. The third kappa shape index (κ3) is 7.92. The molecule has 2 N–H and O–H groups in total. The molecule has 1 heterocycles. The maximum absolute atomic E-state index is 5.99. The first-order chi connectivity index (χ1) is 12.2. The second kappa shape index (κ2) is 11.7. The Kier molecular flexibility index (Phi) is 9.58. The number of nitrogens with one attached hydrogen (secondary N) is 2. The molecule has 0 amide bonds. The summed E-state index contributed by atoms with van der Waals surface area (Å²) < 4.78 is 5.99. The zero-order valence-corrected chi connectivity index (χ0v) is 16.6. The van der Waals surface area contributed by atoms with Crippen LogP contribution in [0.1, 0.15) is 45.4 Å². The van der Waals surface area contributed by atoms with Crippen LogP contribution in [0.3, 0.4) is 0 Å². The zero-order valence-electron chi connectivity index (χ0n) is 16.6. The van der Waals surface area contributed by atoms with Crippen LogP contribution in [-0.4, -0.2) is 87.9 Å². The van der Waals surface area contributed by atoms with Crippen LogP contribution in [0.5, 0.6) is 0 Å². The molecule has 146 valence electrons. The molecule has 1 aliphatic carbocycles. The molecule has 1 saturated heterocycles. The number of guanidine groups is 1. The van der Waals surface area contributed by atoms with Crippen molar-refractivity contribution in [1.29, 1.82) is 0 Å². The predicted octanol–water partition coefficient (Wildman–Crippen LogP) is 1.53. The number of hydrogen-bond acceptors (Lipinski definition) is 4. The van der Waals surface area contributed by atoms with E-state index in [0.29, 0.717) is 12.1 Å². The first kappa shape index (κ1) is 20.5. The van der Waals surface area contributed by atoms with Gasteiger partial charge in [0.2, 0.25) is 0 Å². The fourth-order valence-corrected chi connectivity index (χ4v) is 3.60. The average molecular weight is 354 g/mol. The third-order valence-electron chi connectivity index (χ3n) is 5.30. The topological polar surface area (TPSA) is 52.1 Å². The number of rotatable bonds is 8. The minimum absolute atomic E-state index is 0.504. The van der Waals surface area contributed by atoms with Crippen molar-refractivity contribution >= 4 is 5.96 Å². The Bertz CT molecular complexity index is 384. The van der Waals surface area contributed by atoms with Crippen LogP contribution < -0.4 is 10.6 Å². The van der Waals surface area contributed by atoms with Crippen molar-refractivity contribution in [2.45, 2.75) is 57.6 Å². The van der Waals surface area contributed by atoms with Crippen molar-refractivity contribution in [2.24, 2.45) is 4.99 Å². The molecule has 6 nitrogen and oxygen atoms in total. The Hall–Kier alpha value is -0.850. The Labute approximate surface area is 154 Å². The Morgan fingerprint density at radius 2 is 1.92 bits per heavy atom. The van der Waals surface area contributed by atoms with Crippen LogP contribution in [0.2, 0.25) is 0 Å². The first-order valence-corrected chi connectivity index (χ1v) is 10.2. The highest BCUT2D eigenvalue weighted by molar-refractivity contribution is 5.79. The summed E-state index contributed by atoms with van der Waals surface area (Å²) in [5.74, 6) is 0.932. The lowest BCUT2D eigenvalue weighted by atomic mass is 9.98. The highest BCUT2D eigenvalue weighted by Gasteiger charge is 2.21. The molecule has 0 aromatic heterocycles. The van der Waals surface area contributed by atoms with Crippen LogP contribution in [0.15, 0.2) is 4.99 Å². The summed E-state index contributed by atoms with van der Waals surface area (Å²) >= 11 is 0. The molecular formula is C19H39N5O. The van der Waals surface area contributed by atoms with Gasteiger partial charge in [-0.2, -0.15) is 0 Å². The van der Waals surface area contributed by atoms with Gasteiger partial charge in [0.05, 0.1) is 12.6 Å².